The third kappa shape index (κ3) is 6.05. The van der Waals surface area contributed by atoms with Crippen molar-refractivity contribution < 1.29 is 17.9 Å². The molecule has 5 rings (SSSR count). The first-order chi connectivity index (χ1) is 20.1. The van der Waals surface area contributed by atoms with Crippen LogP contribution >= 0.6 is 34.5 Å². The number of hydrogen-bond acceptors (Lipinski definition) is 10. The molecule has 10 nitrogen and oxygen atoms in total. The van der Waals surface area contributed by atoms with Gasteiger partial charge < -0.3 is 10.4 Å². The van der Waals surface area contributed by atoms with Crippen molar-refractivity contribution in [3.8, 4) is 32.4 Å². The summed E-state index contributed by atoms with van der Waals surface area (Å²) < 4.78 is 45.1. The van der Waals surface area contributed by atoms with Crippen LogP contribution in [0.25, 0.3) is 32.4 Å². The van der Waals surface area contributed by atoms with E-state index in [1.54, 1.807) is 38.4 Å². The highest BCUT2D eigenvalue weighted by Crippen LogP contribution is 2.42. The molecule has 15 heteroatoms. The molecular weight excluding hydrogens is 624 g/mol. The van der Waals surface area contributed by atoms with Gasteiger partial charge in [-0.2, -0.15) is 0 Å². The molecule has 0 atom stereocenters. The van der Waals surface area contributed by atoms with E-state index in [0.29, 0.717) is 32.5 Å². The lowest BCUT2D eigenvalue weighted by atomic mass is 10.1. The van der Waals surface area contributed by atoms with Gasteiger partial charge in [-0.15, -0.1) is 11.3 Å². The fourth-order valence-electron chi connectivity index (χ4n) is 3.91. The summed E-state index contributed by atoms with van der Waals surface area (Å²) in [5.74, 6) is -0.0343. The Balaban J connectivity index is 1.63. The molecule has 0 radical (unpaired) electrons. The second kappa shape index (κ2) is 12.2. The lowest BCUT2D eigenvalue weighted by molar-refractivity contribution is 0.311. The predicted octanol–water partition coefficient (Wildman–Crippen LogP) is 5.99. The van der Waals surface area contributed by atoms with Crippen LogP contribution in [0, 0.1) is 19.7 Å². The summed E-state index contributed by atoms with van der Waals surface area (Å²) >= 11 is 13.7. The number of anilines is 2. The van der Waals surface area contributed by atoms with Gasteiger partial charge in [-0.1, -0.05) is 35.3 Å². The summed E-state index contributed by atoms with van der Waals surface area (Å²) in [7, 11) is -4.37. The zero-order chi connectivity index (χ0) is 30.0. The standard InChI is InChI=1S/C27H22Cl2FN7O3S2/c1-14-6-7-18(28)25(21(14)29)42(39,40)37-19-5-3-4-17(22(19)30)23-24(20-8-9-31-27(35-20)32-10-11-38)41-26(36-23)16-12-33-15(2)34-13-16/h3-9,12-13,37-38H,10-11H2,1-2H3,(H,31,32,35). The van der Waals surface area contributed by atoms with E-state index in [1.165, 1.54) is 41.8 Å². The second-order valence-corrected chi connectivity index (χ2v) is 12.3. The van der Waals surface area contributed by atoms with E-state index in [1.807, 2.05) is 0 Å². The SMILES string of the molecule is Cc1ncc(-c2nc(-c3cccc(NS(=O)(=O)c4c(Cl)ccc(C)c4Cl)c3F)c(-c3ccnc(NCCO)n3)s2)cn1. The Hall–Kier alpha value is -3.75. The van der Waals surface area contributed by atoms with Gasteiger partial charge >= 0.3 is 0 Å². The molecule has 0 amide bonds. The Kier molecular flexibility index (Phi) is 8.66. The summed E-state index contributed by atoms with van der Waals surface area (Å²) in [6.07, 6.45) is 4.74. The topological polar surface area (TPSA) is 143 Å². The third-order valence-corrected chi connectivity index (χ3v) is 9.55. The number of benzene rings is 2. The Morgan fingerprint density at radius 2 is 1.79 bits per heavy atom. The highest BCUT2D eigenvalue weighted by molar-refractivity contribution is 7.93. The van der Waals surface area contributed by atoms with Crippen LogP contribution in [0.3, 0.4) is 0 Å². The van der Waals surface area contributed by atoms with Crippen molar-refractivity contribution in [3.63, 3.8) is 0 Å². The maximum atomic E-state index is 16.2. The maximum absolute atomic E-state index is 16.2. The molecule has 0 aliphatic carbocycles. The molecule has 2 aromatic carbocycles. The molecule has 0 unspecified atom stereocenters. The van der Waals surface area contributed by atoms with Gasteiger partial charge in [0.2, 0.25) is 5.95 Å². The van der Waals surface area contributed by atoms with E-state index < -0.39 is 15.8 Å². The smallest absolute Gasteiger partial charge is 0.264 e. The minimum absolute atomic E-state index is 0.0191. The predicted molar refractivity (Wildman–Crippen MR) is 162 cm³/mol. The largest absolute Gasteiger partial charge is 0.395 e. The maximum Gasteiger partial charge on any atom is 0.264 e. The molecule has 3 aromatic heterocycles. The number of aliphatic hydroxyl groups is 1. The van der Waals surface area contributed by atoms with Crippen molar-refractivity contribution in [1.82, 2.24) is 24.9 Å². The Labute approximate surface area is 254 Å². The molecule has 3 N–H and O–H groups in total. The molecule has 42 heavy (non-hydrogen) atoms. The molecule has 216 valence electrons. The number of nitrogens with one attached hydrogen (secondary N) is 2. The number of aryl methyl sites for hydroxylation is 2. The summed E-state index contributed by atoms with van der Waals surface area (Å²) in [5.41, 5.74) is 1.44. The fraction of sp³-hybridized carbons (Fsp3) is 0.148. The second-order valence-electron chi connectivity index (χ2n) is 8.91. The molecule has 3 heterocycles. The fourth-order valence-corrected chi connectivity index (χ4v) is 7.18. The van der Waals surface area contributed by atoms with Crippen LogP contribution in [0.5, 0.6) is 0 Å². The number of sulfonamides is 1. The lowest BCUT2D eigenvalue weighted by Crippen LogP contribution is -2.15. The zero-order valence-electron chi connectivity index (χ0n) is 22.1. The number of nitrogens with zero attached hydrogens (tertiary/aromatic N) is 5. The quantitative estimate of drug-likeness (QED) is 0.176. The van der Waals surface area contributed by atoms with Gasteiger partial charge in [-0.3, -0.25) is 4.72 Å². The van der Waals surface area contributed by atoms with Crippen molar-refractivity contribution in [2.75, 3.05) is 23.2 Å². The van der Waals surface area contributed by atoms with Gasteiger partial charge in [0, 0.05) is 36.3 Å². The van der Waals surface area contributed by atoms with Crippen molar-refractivity contribution in [2.45, 2.75) is 18.7 Å². The van der Waals surface area contributed by atoms with Crippen LogP contribution in [-0.4, -0.2) is 51.6 Å². The highest BCUT2D eigenvalue weighted by Gasteiger charge is 2.27. The molecule has 0 saturated carbocycles. The first-order valence-corrected chi connectivity index (χ1v) is 15.4. The van der Waals surface area contributed by atoms with Crippen molar-refractivity contribution in [3.05, 3.63) is 82.2 Å². The number of rotatable bonds is 9. The monoisotopic (exact) mass is 645 g/mol. The molecule has 0 spiro atoms. The Morgan fingerprint density at radius 1 is 1.02 bits per heavy atom. The highest BCUT2D eigenvalue weighted by atomic mass is 35.5. The first kappa shape index (κ1) is 29.7. The van der Waals surface area contributed by atoms with E-state index in [-0.39, 0.29) is 51.0 Å². The van der Waals surface area contributed by atoms with E-state index in [9.17, 15) is 8.42 Å². The summed E-state index contributed by atoms with van der Waals surface area (Å²) in [6.45, 7) is 3.50. The third-order valence-electron chi connectivity index (χ3n) is 5.95. The van der Waals surface area contributed by atoms with Crippen LogP contribution < -0.4 is 10.0 Å². The molecule has 0 bridgehead atoms. The summed E-state index contributed by atoms with van der Waals surface area (Å²) in [4.78, 5) is 22.0. The van der Waals surface area contributed by atoms with Gasteiger partial charge in [0.05, 0.1) is 38.6 Å². The molecule has 5 aromatic rings. The number of hydrogen-bond donors (Lipinski definition) is 3. The van der Waals surface area contributed by atoms with Crippen LogP contribution in [-0.2, 0) is 10.0 Å². The Bertz CT molecular complexity index is 1890. The molecule has 0 aliphatic heterocycles. The van der Waals surface area contributed by atoms with Gasteiger partial charge in [-0.25, -0.2) is 37.7 Å². The van der Waals surface area contributed by atoms with Crippen LogP contribution in [0.2, 0.25) is 10.0 Å². The average molecular weight is 647 g/mol. The molecular formula is C27H22Cl2FN7O3S2. The lowest BCUT2D eigenvalue weighted by Gasteiger charge is -2.14. The number of halogens is 3. The van der Waals surface area contributed by atoms with Crippen molar-refractivity contribution in [2.24, 2.45) is 0 Å². The summed E-state index contributed by atoms with van der Waals surface area (Å²) in [6, 6.07) is 8.91. The van der Waals surface area contributed by atoms with E-state index in [2.05, 4.69) is 30.0 Å². The van der Waals surface area contributed by atoms with Crippen LogP contribution in [0.1, 0.15) is 11.4 Å². The molecule has 0 aliphatic rings. The van der Waals surface area contributed by atoms with Crippen molar-refractivity contribution >= 4 is 56.2 Å². The first-order valence-electron chi connectivity index (χ1n) is 12.3. The van der Waals surface area contributed by atoms with E-state index in [0.717, 1.165) is 0 Å². The number of aromatic nitrogens is 5. The Morgan fingerprint density at radius 3 is 2.52 bits per heavy atom. The minimum atomic E-state index is -4.37. The van der Waals surface area contributed by atoms with E-state index >= 15 is 4.39 Å². The molecule has 0 fully saturated rings. The van der Waals surface area contributed by atoms with Crippen molar-refractivity contribution in [1.29, 1.82) is 0 Å². The molecule has 0 saturated heterocycles. The number of aliphatic hydroxyl groups excluding tert-OH is 1. The summed E-state index contributed by atoms with van der Waals surface area (Å²) in [5, 5.41) is 12.4. The van der Waals surface area contributed by atoms with Crippen LogP contribution in [0.15, 0.2) is 59.9 Å². The normalized spacial score (nSPS) is 11.5. The van der Waals surface area contributed by atoms with Gasteiger partial charge in [0.1, 0.15) is 15.7 Å². The minimum Gasteiger partial charge on any atom is -0.395 e. The van der Waals surface area contributed by atoms with Gasteiger partial charge in [-0.05, 0) is 43.7 Å². The van der Waals surface area contributed by atoms with Gasteiger partial charge in [0.15, 0.2) is 5.82 Å². The average Bonchev–Trinajstić information content (AvgIpc) is 3.41. The van der Waals surface area contributed by atoms with E-state index in [4.69, 9.17) is 33.3 Å². The van der Waals surface area contributed by atoms with Gasteiger partial charge in [0.25, 0.3) is 10.0 Å². The number of thiazole rings is 1. The zero-order valence-corrected chi connectivity index (χ0v) is 25.2. The van der Waals surface area contributed by atoms with Crippen LogP contribution in [0.4, 0.5) is 16.0 Å².